The Hall–Kier alpha value is -2.71. The molecule has 150 valence electrons. The molecule has 0 atom stereocenters. The van der Waals surface area contributed by atoms with Crippen LogP contribution in [0.2, 0.25) is 0 Å². The van der Waals surface area contributed by atoms with Crippen LogP contribution in [0.25, 0.3) is 11.4 Å². The molecule has 0 unspecified atom stereocenters. The van der Waals surface area contributed by atoms with E-state index in [0.29, 0.717) is 11.7 Å². The van der Waals surface area contributed by atoms with Crippen molar-refractivity contribution in [3.8, 4) is 17.1 Å². The van der Waals surface area contributed by atoms with E-state index >= 15 is 0 Å². The summed E-state index contributed by atoms with van der Waals surface area (Å²) in [6, 6.07) is 15.4. The van der Waals surface area contributed by atoms with Gasteiger partial charge < -0.3 is 10.1 Å². The van der Waals surface area contributed by atoms with Gasteiger partial charge in [-0.25, -0.2) is 0 Å². The number of rotatable bonds is 9. The van der Waals surface area contributed by atoms with Gasteiger partial charge in [-0.1, -0.05) is 23.9 Å². The normalized spacial score (nSPS) is 10.6. The Bertz CT molecular complexity index is 987. The highest BCUT2D eigenvalue weighted by atomic mass is 32.2. The number of carbonyl (C=O) groups excluding carboxylic acids is 1. The van der Waals surface area contributed by atoms with Crippen LogP contribution in [-0.2, 0) is 11.3 Å². The summed E-state index contributed by atoms with van der Waals surface area (Å²) in [7, 11) is 1.63. The Morgan fingerprint density at radius 3 is 2.72 bits per heavy atom. The number of ether oxygens (including phenoxy) is 1. The van der Waals surface area contributed by atoms with Crippen molar-refractivity contribution >= 4 is 35.1 Å². The van der Waals surface area contributed by atoms with Crippen molar-refractivity contribution in [2.75, 3.05) is 24.4 Å². The Morgan fingerprint density at radius 1 is 1.24 bits per heavy atom. The Morgan fingerprint density at radius 2 is 2.03 bits per heavy atom. The van der Waals surface area contributed by atoms with Crippen molar-refractivity contribution in [2.45, 2.75) is 16.6 Å². The third kappa shape index (κ3) is 5.42. The lowest BCUT2D eigenvalue weighted by Gasteiger charge is -2.09. The average Bonchev–Trinajstić information content (AvgIpc) is 3.15. The molecule has 0 saturated heterocycles. The molecular formula is C21H22N4O2S2. The Kier molecular flexibility index (Phi) is 7.37. The summed E-state index contributed by atoms with van der Waals surface area (Å²) in [5.41, 5.74) is 1.71. The first kappa shape index (κ1) is 21.0. The molecule has 0 fully saturated rings. The van der Waals surface area contributed by atoms with Gasteiger partial charge in [-0.15, -0.1) is 28.5 Å². The first-order valence-corrected chi connectivity index (χ1v) is 11.1. The molecule has 0 saturated carbocycles. The number of allylic oxidation sites excluding steroid dienone is 1. The van der Waals surface area contributed by atoms with E-state index < -0.39 is 0 Å². The second kappa shape index (κ2) is 10.2. The summed E-state index contributed by atoms with van der Waals surface area (Å²) in [6.07, 6.45) is 3.79. The maximum atomic E-state index is 12.4. The lowest BCUT2D eigenvalue weighted by atomic mass is 10.2. The molecule has 0 radical (unpaired) electrons. The van der Waals surface area contributed by atoms with Crippen molar-refractivity contribution in [1.29, 1.82) is 0 Å². The SMILES string of the molecule is C=CCn1c(SCC(=O)Nc2cccc(SC)c2)nnc1-c1ccc(OC)cc1. The Labute approximate surface area is 178 Å². The van der Waals surface area contributed by atoms with Crippen molar-refractivity contribution in [3.63, 3.8) is 0 Å². The second-order valence-electron chi connectivity index (χ2n) is 6.00. The molecule has 1 aromatic heterocycles. The zero-order valence-electron chi connectivity index (χ0n) is 16.3. The highest BCUT2D eigenvalue weighted by molar-refractivity contribution is 7.99. The Balaban J connectivity index is 1.70. The summed E-state index contributed by atoms with van der Waals surface area (Å²) < 4.78 is 7.15. The minimum absolute atomic E-state index is 0.0904. The monoisotopic (exact) mass is 426 g/mol. The number of benzene rings is 2. The number of nitrogens with zero attached hydrogens (tertiary/aromatic N) is 3. The van der Waals surface area contributed by atoms with E-state index in [9.17, 15) is 4.79 Å². The highest BCUT2D eigenvalue weighted by Crippen LogP contribution is 2.26. The molecule has 3 rings (SSSR count). The molecule has 3 aromatic rings. The van der Waals surface area contributed by atoms with Gasteiger partial charge in [-0.2, -0.15) is 0 Å². The van der Waals surface area contributed by atoms with Crippen LogP contribution in [0.1, 0.15) is 0 Å². The fourth-order valence-electron chi connectivity index (χ4n) is 2.67. The maximum absolute atomic E-state index is 12.4. The van der Waals surface area contributed by atoms with E-state index in [2.05, 4.69) is 22.1 Å². The molecule has 0 aliphatic carbocycles. The van der Waals surface area contributed by atoms with Gasteiger partial charge in [0, 0.05) is 22.7 Å². The van der Waals surface area contributed by atoms with Crippen molar-refractivity contribution < 1.29 is 9.53 Å². The lowest BCUT2D eigenvalue weighted by molar-refractivity contribution is -0.113. The highest BCUT2D eigenvalue weighted by Gasteiger charge is 2.15. The number of aromatic nitrogens is 3. The van der Waals surface area contributed by atoms with Crippen LogP contribution in [0.3, 0.4) is 0 Å². The topological polar surface area (TPSA) is 69.0 Å². The molecule has 0 aliphatic rings. The first-order valence-electron chi connectivity index (χ1n) is 8.90. The molecule has 1 N–H and O–H groups in total. The van der Waals surface area contributed by atoms with Gasteiger partial charge in [0.05, 0.1) is 12.9 Å². The van der Waals surface area contributed by atoms with E-state index in [1.165, 1.54) is 11.8 Å². The average molecular weight is 427 g/mol. The van der Waals surface area contributed by atoms with Gasteiger partial charge in [0.15, 0.2) is 11.0 Å². The molecule has 0 spiro atoms. The number of hydrogen-bond acceptors (Lipinski definition) is 6. The van der Waals surface area contributed by atoms with E-state index in [-0.39, 0.29) is 11.7 Å². The summed E-state index contributed by atoms with van der Waals surface area (Å²) >= 11 is 2.98. The zero-order valence-corrected chi connectivity index (χ0v) is 17.9. The minimum atomic E-state index is -0.0904. The number of thioether (sulfide) groups is 2. The standard InChI is InChI=1S/C21H22N4O2S2/c1-4-12-25-20(15-8-10-17(27-2)11-9-15)23-24-21(25)29-14-19(26)22-16-6-5-7-18(13-16)28-3/h4-11,13H,1,12,14H2,2-3H3,(H,22,26). The van der Waals surface area contributed by atoms with Crippen LogP contribution in [0.5, 0.6) is 5.75 Å². The lowest BCUT2D eigenvalue weighted by Crippen LogP contribution is -2.14. The van der Waals surface area contributed by atoms with Gasteiger partial charge in [0.25, 0.3) is 0 Å². The third-order valence-electron chi connectivity index (χ3n) is 4.06. The van der Waals surface area contributed by atoms with Crippen molar-refractivity contribution in [3.05, 3.63) is 61.2 Å². The van der Waals surface area contributed by atoms with E-state index in [1.807, 2.05) is 59.4 Å². The predicted octanol–water partition coefficient (Wildman–Crippen LogP) is 4.59. The molecule has 1 amide bonds. The molecule has 0 aliphatic heterocycles. The molecule has 0 bridgehead atoms. The van der Waals surface area contributed by atoms with Crippen LogP contribution >= 0.6 is 23.5 Å². The van der Waals surface area contributed by atoms with Crippen LogP contribution < -0.4 is 10.1 Å². The molecule has 1 heterocycles. The van der Waals surface area contributed by atoms with Crippen LogP contribution in [0, 0.1) is 0 Å². The number of carbonyl (C=O) groups is 1. The summed E-state index contributed by atoms with van der Waals surface area (Å²) in [5, 5.41) is 12.2. The van der Waals surface area contributed by atoms with Gasteiger partial charge >= 0.3 is 0 Å². The molecular weight excluding hydrogens is 404 g/mol. The van der Waals surface area contributed by atoms with Crippen molar-refractivity contribution in [2.24, 2.45) is 0 Å². The van der Waals surface area contributed by atoms with Gasteiger partial charge in [-0.3, -0.25) is 9.36 Å². The zero-order chi connectivity index (χ0) is 20.6. The van der Waals surface area contributed by atoms with E-state index in [0.717, 1.165) is 27.7 Å². The van der Waals surface area contributed by atoms with Gasteiger partial charge in [-0.05, 0) is 48.7 Å². The third-order valence-corrected chi connectivity index (χ3v) is 5.75. The number of hydrogen-bond donors (Lipinski definition) is 1. The van der Waals surface area contributed by atoms with E-state index in [4.69, 9.17) is 4.74 Å². The largest absolute Gasteiger partial charge is 0.497 e. The molecule has 29 heavy (non-hydrogen) atoms. The van der Waals surface area contributed by atoms with Crippen molar-refractivity contribution in [1.82, 2.24) is 14.8 Å². The number of methoxy groups -OCH3 is 1. The van der Waals surface area contributed by atoms with Crippen LogP contribution in [0.15, 0.2) is 71.2 Å². The minimum Gasteiger partial charge on any atom is -0.497 e. The maximum Gasteiger partial charge on any atom is 0.234 e. The first-order chi connectivity index (χ1) is 14.1. The van der Waals surface area contributed by atoms with Crippen LogP contribution in [0.4, 0.5) is 5.69 Å². The number of nitrogens with one attached hydrogen (secondary N) is 1. The molecule has 2 aromatic carbocycles. The summed E-state index contributed by atoms with van der Waals surface area (Å²) in [4.78, 5) is 13.5. The smallest absolute Gasteiger partial charge is 0.234 e. The van der Waals surface area contributed by atoms with Crippen LogP contribution in [-0.4, -0.2) is 39.8 Å². The molecule has 6 nitrogen and oxygen atoms in total. The number of anilines is 1. The fourth-order valence-corrected chi connectivity index (χ4v) is 3.88. The molecule has 8 heteroatoms. The predicted molar refractivity (Wildman–Crippen MR) is 120 cm³/mol. The number of amides is 1. The van der Waals surface area contributed by atoms with E-state index in [1.54, 1.807) is 24.9 Å². The summed E-state index contributed by atoms with van der Waals surface area (Å²) in [5.74, 6) is 1.65. The quantitative estimate of drug-likeness (QED) is 0.399. The summed E-state index contributed by atoms with van der Waals surface area (Å²) in [6.45, 7) is 4.37. The van der Waals surface area contributed by atoms with Gasteiger partial charge in [0.1, 0.15) is 5.75 Å². The van der Waals surface area contributed by atoms with Gasteiger partial charge in [0.2, 0.25) is 5.91 Å². The second-order valence-corrected chi connectivity index (χ2v) is 7.82. The fraction of sp³-hybridized carbons (Fsp3) is 0.190.